The van der Waals surface area contributed by atoms with Crippen LogP contribution in [-0.4, -0.2) is 14.1 Å². The Labute approximate surface area is 102 Å². The van der Waals surface area contributed by atoms with Gasteiger partial charge < -0.3 is 15.1 Å². The molecule has 3 nitrogen and oxygen atoms in total. The highest BCUT2D eigenvalue weighted by molar-refractivity contribution is 5.47. The summed E-state index contributed by atoms with van der Waals surface area (Å²) in [5.41, 5.74) is 9.65. The van der Waals surface area contributed by atoms with E-state index < -0.39 is 0 Å². The van der Waals surface area contributed by atoms with E-state index in [9.17, 15) is 0 Å². The van der Waals surface area contributed by atoms with Crippen LogP contribution in [-0.2, 0) is 6.42 Å². The van der Waals surface area contributed by atoms with Crippen LogP contribution < -0.4 is 10.6 Å². The van der Waals surface area contributed by atoms with Crippen LogP contribution in [0.15, 0.2) is 47.3 Å². The second-order valence-corrected chi connectivity index (χ2v) is 4.43. The first-order valence-corrected chi connectivity index (χ1v) is 5.71. The SMILES string of the molecule is CN(C)c1cccc(C(N)Cc2ccoc2)c1. The fraction of sp³-hybridized carbons (Fsp3) is 0.286. The maximum Gasteiger partial charge on any atom is 0.0935 e. The van der Waals surface area contributed by atoms with Crippen LogP contribution in [0.4, 0.5) is 5.69 Å². The smallest absolute Gasteiger partial charge is 0.0935 e. The number of hydrogen-bond donors (Lipinski definition) is 1. The van der Waals surface area contributed by atoms with Crippen molar-refractivity contribution in [2.75, 3.05) is 19.0 Å². The van der Waals surface area contributed by atoms with Crippen LogP contribution >= 0.6 is 0 Å². The molecule has 0 bridgehead atoms. The molecule has 2 aromatic rings. The fourth-order valence-corrected chi connectivity index (χ4v) is 1.81. The third-order valence-electron chi connectivity index (χ3n) is 2.85. The minimum Gasteiger partial charge on any atom is -0.472 e. The molecule has 0 aliphatic rings. The lowest BCUT2D eigenvalue weighted by Gasteiger charge is -2.16. The summed E-state index contributed by atoms with van der Waals surface area (Å²) in [5.74, 6) is 0. The van der Waals surface area contributed by atoms with Gasteiger partial charge in [0.15, 0.2) is 0 Å². The Kier molecular flexibility index (Phi) is 3.49. The van der Waals surface area contributed by atoms with Gasteiger partial charge in [-0.3, -0.25) is 0 Å². The monoisotopic (exact) mass is 230 g/mol. The van der Waals surface area contributed by atoms with Gasteiger partial charge in [0.2, 0.25) is 0 Å². The molecule has 2 rings (SSSR count). The molecule has 17 heavy (non-hydrogen) atoms. The lowest BCUT2D eigenvalue weighted by atomic mass is 10.0. The number of benzene rings is 1. The Morgan fingerprint density at radius 1 is 1.29 bits per heavy atom. The largest absolute Gasteiger partial charge is 0.472 e. The first kappa shape index (κ1) is 11.7. The van der Waals surface area contributed by atoms with E-state index in [2.05, 4.69) is 23.1 Å². The van der Waals surface area contributed by atoms with Gasteiger partial charge in [0.05, 0.1) is 12.5 Å². The first-order valence-electron chi connectivity index (χ1n) is 5.71. The zero-order valence-corrected chi connectivity index (χ0v) is 10.3. The summed E-state index contributed by atoms with van der Waals surface area (Å²) in [5, 5.41) is 0. The molecule has 0 aliphatic carbocycles. The molecule has 0 aliphatic heterocycles. The number of hydrogen-bond acceptors (Lipinski definition) is 3. The molecular formula is C14H18N2O. The van der Waals surface area contributed by atoms with Crippen molar-refractivity contribution in [3.05, 3.63) is 54.0 Å². The highest BCUT2D eigenvalue weighted by atomic mass is 16.3. The molecule has 3 heteroatoms. The number of nitrogens with two attached hydrogens (primary N) is 1. The van der Waals surface area contributed by atoms with Crippen LogP contribution in [0.5, 0.6) is 0 Å². The Bertz CT molecular complexity index is 463. The molecule has 0 fully saturated rings. The van der Waals surface area contributed by atoms with Crippen molar-refractivity contribution in [3.8, 4) is 0 Å². The third-order valence-corrected chi connectivity index (χ3v) is 2.85. The topological polar surface area (TPSA) is 42.4 Å². The normalized spacial score (nSPS) is 12.4. The average Bonchev–Trinajstić information content (AvgIpc) is 2.82. The van der Waals surface area contributed by atoms with E-state index in [-0.39, 0.29) is 6.04 Å². The van der Waals surface area contributed by atoms with Gasteiger partial charge in [0.25, 0.3) is 0 Å². The Morgan fingerprint density at radius 3 is 2.76 bits per heavy atom. The van der Waals surface area contributed by atoms with E-state index in [1.54, 1.807) is 12.5 Å². The Morgan fingerprint density at radius 2 is 2.12 bits per heavy atom. The Balaban J connectivity index is 2.13. The molecule has 1 aromatic heterocycles. The fourth-order valence-electron chi connectivity index (χ4n) is 1.81. The molecular weight excluding hydrogens is 212 g/mol. The number of anilines is 1. The van der Waals surface area contributed by atoms with Gasteiger partial charge in [-0.05, 0) is 35.7 Å². The summed E-state index contributed by atoms with van der Waals surface area (Å²) in [6.07, 6.45) is 4.22. The van der Waals surface area contributed by atoms with Crippen molar-refractivity contribution in [2.24, 2.45) is 5.73 Å². The molecule has 1 heterocycles. The summed E-state index contributed by atoms with van der Waals surface area (Å²) in [7, 11) is 4.06. The van der Waals surface area contributed by atoms with Gasteiger partial charge in [-0.25, -0.2) is 0 Å². The zero-order valence-electron chi connectivity index (χ0n) is 10.3. The van der Waals surface area contributed by atoms with Crippen molar-refractivity contribution in [1.82, 2.24) is 0 Å². The van der Waals surface area contributed by atoms with Crippen LogP contribution in [0.25, 0.3) is 0 Å². The maximum atomic E-state index is 6.20. The van der Waals surface area contributed by atoms with E-state index in [4.69, 9.17) is 10.2 Å². The maximum absolute atomic E-state index is 6.20. The lowest BCUT2D eigenvalue weighted by Crippen LogP contribution is -2.14. The van der Waals surface area contributed by atoms with E-state index in [1.807, 2.05) is 26.2 Å². The first-order chi connectivity index (χ1) is 8.16. The lowest BCUT2D eigenvalue weighted by molar-refractivity contribution is 0.561. The highest BCUT2D eigenvalue weighted by Crippen LogP contribution is 2.20. The van der Waals surface area contributed by atoms with Gasteiger partial charge in [0.1, 0.15) is 0 Å². The van der Waals surface area contributed by atoms with Crippen LogP contribution in [0.3, 0.4) is 0 Å². The molecule has 1 unspecified atom stereocenters. The summed E-state index contributed by atoms with van der Waals surface area (Å²) >= 11 is 0. The van der Waals surface area contributed by atoms with E-state index in [0.29, 0.717) is 0 Å². The van der Waals surface area contributed by atoms with Crippen LogP contribution in [0.2, 0.25) is 0 Å². The van der Waals surface area contributed by atoms with E-state index in [0.717, 1.165) is 17.5 Å². The minimum atomic E-state index is 0.00694. The van der Waals surface area contributed by atoms with Crippen LogP contribution in [0, 0.1) is 0 Å². The molecule has 1 atom stereocenters. The van der Waals surface area contributed by atoms with Crippen molar-refractivity contribution in [2.45, 2.75) is 12.5 Å². The van der Waals surface area contributed by atoms with E-state index in [1.165, 1.54) is 5.69 Å². The molecule has 0 radical (unpaired) electrons. The zero-order chi connectivity index (χ0) is 12.3. The summed E-state index contributed by atoms with van der Waals surface area (Å²) in [6, 6.07) is 10.3. The van der Waals surface area contributed by atoms with Gasteiger partial charge in [-0.1, -0.05) is 12.1 Å². The van der Waals surface area contributed by atoms with Gasteiger partial charge in [0, 0.05) is 25.8 Å². The Hall–Kier alpha value is -1.74. The molecule has 0 saturated carbocycles. The second kappa shape index (κ2) is 5.06. The van der Waals surface area contributed by atoms with Gasteiger partial charge in [-0.15, -0.1) is 0 Å². The standard InChI is InChI=1S/C14H18N2O/c1-16(2)13-5-3-4-12(9-13)14(15)8-11-6-7-17-10-11/h3-7,9-10,14H,8,15H2,1-2H3. The number of furan rings is 1. The molecule has 0 saturated heterocycles. The third kappa shape index (κ3) is 2.88. The van der Waals surface area contributed by atoms with Crippen molar-refractivity contribution in [3.63, 3.8) is 0 Å². The predicted molar refractivity (Wildman–Crippen MR) is 70.1 cm³/mol. The quantitative estimate of drug-likeness (QED) is 0.877. The van der Waals surface area contributed by atoms with Crippen molar-refractivity contribution < 1.29 is 4.42 Å². The summed E-state index contributed by atoms with van der Waals surface area (Å²) in [6.45, 7) is 0. The summed E-state index contributed by atoms with van der Waals surface area (Å²) in [4.78, 5) is 2.08. The number of rotatable bonds is 4. The average molecular weight is 230 g/mol. The predicted octanol–water partition coefficient (Wildman–Crippen LogP) is 2.59. The van der Waals surface area contributed by atoms with E-state index >= 15 is 0 Å². The minimum absolute atomic E-state index is 0.00694. The highest BCUT2D eigenvalue weighted by Gasteiger charge is 2.09. The molecule has 1 aromatic carbocycles. The van der Waals surface area contributed by atoms with Crippen molar-refractivity contribution in [1.29, 1.82) is 0 Å². The summed E-state index contributed by atoms with van der Waals surface area (Å²) < 4.78 is 5.05. The van der Waals surface area contributed by atoms with Gasteiger partial charge in [-0.2, -0.15) is 0 Å². The molecule has 90 valence electrons. The molecule has 0 amide bonds. The molecule has 2 N–H and O–H groups in total. The second-order valence-electron chi connectivity index (χ2n) is 4.43. The molecule has 0 spiro atoms. The van der Waals surface area contributed by atoms with Gasteiger partial charge >= 0.3 is 0 Å². The van der Waals surface area contributed by atoms with Crippen LogP contribution in [0.1, 0.15) is 17.2 Å². The number of nitrogens with zero attached hydrogens (tertiary/aromatic N) is 1. The van der Waals surface area contributed by atoms with Crippen molar-refractivity contribution >= 4 is 5.69 Å².